The fraction of sp³-hybridized carbons (Fsp3) is 0. The van der Waals surface area contributed by atoms with Gasteiger partial charge < -0.3 is 0 Å². The van der Waals surface area contributed by atoms with Crippen LogP contribution in [0, 0.1) is 0 Å². The maximum atomic E-state index is 3.72. The van der Waals surface area contributed by atoms with Crippen molar-refractivity contribution in [1.82, 2.24) is 9.97 Å². The summed E-state index contributed by atoms with van der Waals surface area (Å²) in [6.45, 7) is 0. The first-order valence-corrected chi connectivity index (χ1v) is 1.70. The zero-order valence-corrected chi connectivity index (χ0v) is 7.33. The summed E-state index contributed by atoms with van der Waals surface area (Å²) in [5.41, 5.74) is 0. The molecule has 1 rings (SSSR count). The van der Waals surface area contributed by atoms with Gasteiger partial charge in [-0.3, -0.25) is 9.97 Å². The Morgan fingerprint density at radius 3 is 1.14 bits per heavy atom. The smallest absolute Gasteiger partial charge is 0.0451 e. The summed E-state index contributed by atoms with van der Waals surface area (Å²) in [6.07, 6.45) is 6.56. The Morgan fingerprint density at radius 1 is 0.714 bits per heavy atom. The van der Waals surface area contributed by atoms with Crippen molar-refractivity contribution in [3.05, 3.63) is 24.8 Å². The Balaban J connectivity index is 0.000000360. The molecule has 2 nitrogen and oxygen atoms in total. The van der Waals surface area contributed by atoms with Gasteiger partial charge in [-0.05, 0) is 0 Å². The predicted molar refractivity (Wildman–Crippen MR) is 27.8 cm³/mol. The molecule has 0 saturated heterocycles. The third kappa shape index (κ3) is 3.31. The van der Waals surface area contributed by atoms with Gasteiger partial charge >= 0.3 is 0 Å². The van der Waals surface area contributed by atoms with Gasteiger partial charge in [-0.15, -0.1) is 0 Å². The van der Waals surface area contributed by atoms with E-state index in [1.165, 1.54) is 0 Å². The van der Waals surface area contributed by atoms with Gasteiger partial charge in [0.1, 0.15) is 0 Å². The van der Waals surface area contributed by atoms with Crippen LogP contribution in [0.4, 0.5) is 0 Å². The summed E-state index contributed by atoms with van der Waals surface area (Å²) in [5, 5.41) is 0. The molecular weight excluding hydrogens is 115 g/mol. The fourth-order valence-electron chi connectivity index (χ4n) is 0.253. The largest absolute Gasteiger partial charge is 0.262 e. The number of aromatic nitrogens is 2. The monoisotopic (exact) mass is 119 g/mol. The second kappa shape index (κ2) is 4.87. The molecule has 1 aromatic heterocycles. The van der Waals surface area contributed by atoms with E-state index < -0.39 is 0 Å². The predicted octanol–water partition coefficient (Wildman–Crippen LogP) is 0.0958. The molecule has 31 valence electrons. The molecule has 0 aliphatic heterocycles. The minimum absolute atomic E-state index is 0. The first kappa shape index (κ1) is 7.72. The Kier molecular flexibility index (Phi) is 5.36. The van der Waals surface area contributed by atoms with Gasteiger partial charge in [-0.2, -0.15) is 0 Å². The zero-order chi connectivity index (χ0) is 4.24. The average Bonchev–Trinajstić information content (AvgIpc) is 1.72. The van der Waals surface area contributed by atoms with E-state index in [0.29, 0.717) is 0 Å². The van der Waals surface area contributed by atoms with E-state index in [9.17, 15) is 0 Å². The van der Waals surface area contributed by atoms with E-state index in [-0.39, 0.29) is 51.4 Å². The topological polar surface area (TPSA) is 25.8 Å². The molecule has 1 aromatic rings. The molecule has 0 spiro atoms. The molecule has 0 amide bonds. The van der Waals surface area contributed by atoms with Crippen molar-refractivity contribution < 1.29 is 0 Å². The van der Waals surface area contributed by atoms with Crippen LogP contribution in [0.25, 0.3) is 0 Å². The minimum atomic E-state index is 0. The molecule has 0 bridgehead atoms. The number of hydrogen-bond acceptors (Lipinski definition) is 2. The van der Waals surface area contributed by atoms with Crippen molar-refractivity contribution in [2.75, 3.05) is 0 Å². The van der Waals surface area contributed by atoms with E-state index in [1.54, 1.807) is 24.8 Å². The van der Waals surface area contributed by atoms with E-state index >= 15 is 0 Å². The molecule has 1 radical (unpaired) electrons. The van der Waals surface area contributed by atoms with E-state index in [0.717, 1.165) is 0 Å². The van der Waals surface area contributed by atoms with Crippen molar-refractivity contribution in [2.45, 2.75) is 0 Å². The first-order chi connectivity index (χ1) is 3.00. The Hall–Kier alpha value is 0.716. The molecule has 1 heterocycles. The zero-order valence-electron chi connectivity index (χ0n) is 4.20. The maximum absolute atomic E-state index is 3.72. The van der Waals surface area contributed by atoms with Gasteiger partial charge in [0.05, 0.1) is 0 Å². The van der Waals surface area contributed by atoms with Crippen LogP contribution < -0.4 is 0 Å². The van der Waals surface area contributed by atoms with Gasteiger partial charge in [0.15, 0.2) is 0 Å². The van der Waals surface area contributed by atoms with Gasteiger partial charge in [-0.1, -0.05) is 0 Å². The number of rotatable bonds is 0. The Labute approximate surface area is 84.8 Å². The molecule has 0 N–H and O–H groups in total. The molecule has 7 heavy (non-hydrogen) atoms. The molecule has 0 atom stereocenters. The van der Waals surface area contributed by atoms with Crippen LogP contribution >= 0.6 is 0 Å². The summed E-state index contributed by atoms with van der Waals surface area (Å²) in [6, 6.07) is 0. The molecule has 0 unspecified atom stereocenters. The van der Waals surface area contributed by atoms with Crippen LogP contribution in [-0.4, -0.2) is 61.4 Å². The second-order valence-electron chi connectivity index (χ2n) is 0.894. The van der Waals surface area contributed by atoms with E-state index in [2.05, 4.69) is 9.97 Å². The molecule has 0 aliphatic rings. The number of hydrogen-bond donors (Lipinski definition) is 0. The minimum Gasteiger partial charge on any atom is -0.262 e. The van der Waals surface area contributed by atoms with Crippen molar-refractivity contribution in [3.63, 3.8) is 0 Å². The van der Waals surface area contributed by atoms with Crippen molar-refractivity contribution in [3.8, 4) is 0 Å². The van der Waals surface area contributed by atoms with Gasteiger partial charge in [-0.25, -0.2) is 0 Å². The molecule has 0 aliphatic carbocycles. The summed E-state index contributed by atoms with van der Waals surface area (Å²) in [4.78, 5) is 7.44. The maximum Gasteiger partial charge on any atom is 0.0451 e. The number of nitrogens with zero attached hydrogens (tertiary/aromatic N) is 2. The van der Waals surface area contributed by atoms with E-state index in [1.807, 2.05) is 0 Å². The average molecular weight is 119 g/mol. The van der Waals surface area contributed by atoms with Crippen LogP contribution in [-0.2, 0) is 0 Å². The van der Waals surface area contributed by atoms with Gasteiger partial charge in [0.2, 0.25) is 0 Å². The van der Waals surface area contributed by atoms with Gasteiger partial charge in [0.25, 0.3) is 0 Å². The Bertz CT molecular complexity index is 81.6. The Morgan fingerprint density at radius 2 is 1.00 bits per heavy atom. The first-order valence-electron chi connectivity index (χ1n) is 1.70. The van der Waals surface area contributed by atoms with Crippen molar-refractivity contribution in [1.29, 1.82) is 0 Å². The quantitative estimate of drug-likeness (QED) is 0.452. The van der Waals surface area contributed by atoms with Crippen LogP contribution in [0.3, 0.4) is 0 Å². The summed E-state index contributed by atoms with van der Waals surface area (Å²) < 4.78 is 0. The van der Waals surface area contributed by atoms with E-state index in [4.69, 9.17) is 0 Å². The van der Waals surface area contributed by atoms with Gasteiger partial charge in [0, 0.05) is 76.2 Å². The standard InChI is InChI=1S/C4H4N2.K/c1-2-6-4-3-5-1;/h1-4H;. The molecule has 3 heteroatoms. The van der Waals surface area contributed by atoms with Crippen LogP contribution in [0.5, 0.6) is 0 Å². The summed E-state index contributed by atoms with van der Waals surface area (Å²) >= 11 is 0. The third-order valence-electron chi connectivity index (χ3n) is 0.478. The van der Waals surface area contributed by atoms with Crippen molar-refractivity contribution in [2.24, 2.45) is 0 Å². The fourth-order valence-corrected chi connectivity index (χ4v) is 0.253. The van der Waals surface area contributed by atoms with Crippen LogP contribution in [0.1, 0.15) is 0 Å². The second-order valence-corrected chi connectivity index (χ2v) is 0.894. The summed E-state index contributed by atoms with van der Waals surface area (Å²) in [7, 11) is 0. The summed E-state index contributed by atoms with van der Waals surface area (Å²) in [5.74, 6) is 0. The van der Waals surface area contributed by atoms with Crippen LogP contribution in [0.15, 0.2) is 24.8 Å². The molecule has 0 aromatic carbocycles. The molecule has 0 fully saturated rings. The van der Waals surface area contributed by atoms with Crippen molar-refractivity contribution >= 4 is 51.4 Å². The third-order valence-corrected chi connectivity index (χ3v) is 0.478. The molecular formula is C4H4KN2. The SMILES string of the molecule is [K].c1cnccn1. The normalized spacial score (nSPS) is 6.86. The molecule has 0 saturated carbocycles. The van der Waals surface area contributed by atoms with Crippen LogP contribution in [0.2, 0.25) is 0 Å².